The normalized spacial score (nSPS) is 16.2. The molecule has 3 aromatic carbocycles. The monoisotopic (exact) mass is 602 g/mol. The van der Waals surface area contributed by atoms with Crippen LogP contribution in [0.5, 0.6) is 5.75 Å². The van der Waals surface area contributed by atoms with E-state index in [2.05, 4.69) is 97.1 Å². The van der Waals surface area contributed by atoms with Crippen molar-refractivity contribution in [3.05, 3.63) is 114 Å². The first kappa shape index (κ1) is 28.8. The number of carbonyl (C=O) groups excluding carboxylic acids is 1. The Morgan fingerprint density at radius 1 is 0.933 bits per heavy atom. The van der Waals surface area contributed by atoms with Gasteiger partial charge in [-0.05, 0) is 53.8 Å². The lowest BCUT2D eigenvalue weighted by atomic mass is 10.0. The first-order chi connectivity index (χ1) is 22.2. The van der Waals surface area contributed by atoms with Gasteiger partial charge in [-0.25, -0.2) is 0 Å². The molecule has 0 spiro atoms. The number of aromatic amines is 2. The molecule has 0 bridgehead atoms. The van der Waals surface area contributed by atoms with Gasteiger partial charge in [-0.3, -0.25) is 9.69 Å². The number of piperazine rings is 1. The molecule has 0 saturated carbocycles. The molecule has 1 fully saturated rings. The van der Waals surface area contributed by atoms with Crippen LogP contribution in [-0.2, 0) is 30.6 Å². The standard InChI is InChI=1S/C35H38N8O2/c1-45-27-13-10-24(11-14-27)22-43-33(15-12-25-19-37-30-8-4-2-6-28(25)30)40-41-35(43)32(42-17-16-36-21-34(42)39-23-44)18-26-20-38-31-9-5-3-7-29(26)31/h2-11,13-14,19-20,23,32,34,36-38H,12,15-18,21-22H2,1H3,(H,39,44)/t32?,34-/m1/s1. The van der Waals surface area contributed by atoms with E-state index in [0.717, 1.165) is 66.3 Å². The van der Waals surface area contributed by atoms with E-state index in [-0.39, 0.29) is 12.2 Å². The number of hydrogen-bond donors (Lipinski definition) is 4. The molecule has 1 saturated heterocycles. The predicted molar refractivity (Wildman–Crippen MR) is 175 cm³/mol. The second-order valence-corrected chi connectivity index (χ2v) is 11.6. The van der Waals surface area contributed by atoms with E-state index in [1.54, 1.807) is 7.11 Å². The van der Waals surface area contributed by atoms with E-state index < -0.39 is 0 Å². The summed E-state index contributed by atoms with van der Waals surface area (Å²) in [5, 5.41) is 18.7. The Kier molecular flexibility index (Phi) is 8.31. The van der Waals surface area contributed by atoms with E-state index in [1.807, 2.05) is 18.2 Å². The van der Waals surface area contributed by atoms with E-state index >= 15 is 0 Å². The fourth-order valence-electron chi connectivity index (χ4n) is 6.64. The van der Waals surface area contributed by atoms with Gasteiger partial charge in [-0.1, -0.05) is 48.5 Å². The number of hydrogen-bond acceptors (Lipinski definition) is 6. The van der Waals surface area contributed by atoms with Gasteiger partial charge >= 0.3 is 0 Å². The van der Waals surface area contributed by atoms with Crippen molar-refractivity contribution in [1.82, 2.24) is 40.3 Å². The van der Waals surface area contributed by atoms with Gasteiger partial charge in [0, 0.05) is 60.3 Å². The number of amides is 1. The molecule has 4 heterocycles. The summed E-state index contributed by atoms with van der Waals surface area (Å²) in [6.07, 6.45) is 7.11. The Morgan fingerprint density at radius 3 is 2.38 bits per heavy atom. The van der Waals surface area contributed by atoms with Crippen LogP contribution in [0.1, 0.15) is 34.4 Å². The summed E-state index contributed by atoms with van der Waals surface area (Å²) in [5.74, 6) is 2.65. The van der Waals surface area contributed by atoms with Crippen molar-refractivity contribution in [2.75, 3.05) is 26.7 Å². The van der Waals surface area contributed by atoms with Crippen molar-refractivity contribution in [3.8, 4) is 5.75 Å². The van der Waals surface area contributed by atoms with E-state index in [0.29, 0.717) is 19.5 Å². The average Bonchev–Trinajstić information content (AvgIpc) is 3.81. The molecular formula is C35H38N8O2. The van der Waals surface area contributed by atoms with Gasteiger partial charge in [0.15, 0.2) is 5.82 Å². The van der Waals surface area contributed by atoms with Gasteiger partial charge in [-0.15, -0.1) is 10.2 Å². The summed E-state index contributed by atoms with van der Waals surface area (Å²) in [6.45, 7) is 2.86. The summed E-state index contributed by atoms with van der Waals surface area (Å²) < 4.78 is 7.72. The molecule has 1 unspecified atom stereocenters. The van der Waals surface area contributed by atoms with Crippen LogP contribution >= 0.6 is 0 Å². The van der Waals surface area contributed by atoms with Crippen LogP contribution in [0.4, 0.5) is 0 Å². The zero-order valence-corrected chi connectivity index (χ0v) is 25.4. The van der Waals surface area contributed by atoms with Crippen LogP contribution in [0.25, 0.3) is 21.8 Å². The number of rotatable bonds is 12. The highest BCUT2D eigenvalue weighted by Crippen LogP contribution is 2.31. The number of H-pyrrole nitrogens is 2. The number of benzene rings is 3. The lowest BCUT2D eigenvalue weighted by Gasteiger charge is -2.40. The molecule has 10 nitrogen and oxygen atoms in total. The predicted octanol–water partition coefficient (Wildman–Crippen LogP) is 4.34. The van der Waals surface area contributed by atoms with Crippen molar-refractivity contribution in [3.63, 3.8) is 0 Å². The van der Waals surface area contributed by atoms with Crippen molar-refractivity contribution < 1.29 is 9.53 Å². The first-order valence-corrected chi connectivity index (χ1v) is 15.5. The Morgan fingerprint density at radius 2 is 1.64 bits per heavy atom. The number of methoxy groups -OCH3 is 1. The summed E-state index contributed by atoms with van der Waals surface area (Å²) in [5.41, 5.74) is 5.85. The molecule has 1 aliphatic rings. The SMILES string of the molecule is COc1ccc(Cn2c(CCc3c[nH]c4ccccc34)nnc2C(Cc2c[nH]c3ccccc23)N2CCNC[C@@H]2NC=O)cc1. The van der Waals surface area contributed by atoms with Gasteiger partial charge in [0.2, 0.25) is 6.41 Å². The molecule has 230 valence electrons. The highest BCUT2D eigenvalue weighted by atomic mass is 16.5. The Labute approximate surface area is 261 Å². The third kappa shape index (κ3) is 5.94. The third-order valence-corrected chi connectivity index (χ3v) is 8.98. The quantitative estimate of drug-likeness (QED) is 0.155. The molecular weight excluding hydrogens is 564 g/mol. The summed E-state index contributed by atoms with van der Waals surface area (Å²) in [6, 6.07) is 24.8. The molecule has 10 heteroatoms. The van der Waals surface area contributed by atoms with Gasteiger partial charge in [0.1, 0.15) is 11.6 Å². The van der Waals surface area contributed by atoms with Crippen molar-refractivity contribution in [2.45, 2.75) is 38.0 Å². The molecule has 1 amide bonds. The van der Waals surface area contributed by atoms with Gasteiger partial charge in [-0.2, -0.15) is 0 Å². The number of para-hydroxylation sites is 2. The third-order valence-electron chi connectivity index (χ3n) is 8.98. The van der Waals surface area contributed by atoms with Crippen LogP contribution in [-0.4, -0.2) is 69.0 Å². The second-order valence-electron chi connectivity index (χ2n) is 11.6. The molecule has 45 heavy (non-hydrogen) atoms. The van der Waals surface area contributed by atoms with E-state index in [4.69, 9.17) is 14.9 Å². The molecule has 7 rings (SSSR count). The van der Waals surface area contributed by atoms with Crippen LogP contribution in [0.2, 0.25) is 0 Å². The maximum Gasteiger partial charge on any atom is 0.208 e. The Balaban J connectivity index is 1.29. The highest BCUT2D eigenvalue weighted by molar-refractivity contribution is 5.83. The minimum atomic E-state index is -0.174. The lowest BCUT2D eigenvalue weighted by molar-refractivity contribution is -0.112. The number of fused-ring (bicyclic) bond motifs is 2. The highest BCUT2D eigenvalue weighted by Gasteiger charge is 2.34. The Bertz CT molecular complexity index is 1890. The van der Waals surface area contributed by atoms with Crippen LogP contribution in [0, 0.1) is 0 Å². The van der Waals surface area contributed by atoms with Crippen LogP contribution < -0.4 is 15.4 Å². The number of aromatic nitrogens is 5. The fourth-order valence-corrected chi connectivity index (χ4v) is 6.64. The summed E-state index contributed by atoms with van der Waals surface area (Å²) in [4.78, 5) is 20.9. The number of ether oxygens (including phenoxy) is 1. The molecule has 0 aliphatic carbocycles. The zero-order chi connectivity index (χ0) is 30.6. The molecule has 3 aromatic heterocycles. The van der Waals surface area contributed by atoms with Crippen molar-refractivity contribution in [1.29, 1.82) is 0 Å². The zero-order valence-electron chi connectivity index (χ0n) is 25.4. The maximum absolute atomic E-state index is 11.7. The Hall–Kier alpha value is -4.93. The number of aryl methyl sites for hydroxylation is 2. The number of carbonyl (C=O) groups is 1. The number of nitrogens with one attached hydrogen (secondary N) is 4. The lowest BCUT2D eigenvalue weighted by Crippen LogP contribution is -2.59. The van der Waals surface area contributed by atoms with Crippen LogP contribution in [0.3, 0.4) is 0 Å². The molecule has 1 aliphatic heterocycles. The maximum atomic E-state index is 11.7. The summed E-state index contributed by atoms with van der Waals surface area (Å²) in [7, 11) is 1.68. The largest absolute Gasteiger partial charge is 0.497 e. The van der Waals surface area contributed by atoms with Gasteiger partial charge in [0.05, 0.1) is 25.9 Å². The molecule has 2 atom stereocenters. The number of nitrogens with zero attached hydrogens (tertiary/aromatic N) is 4. The van der Waals surface area contributed by atoms with Crippen molar-refractivity contribution >= 4 is 28.2 Å². The minimum Gasteiger partial charge on any atom is -0.497 e. The van der Waals surface area contributed by atoms with Gasteiger partial charge in [0.25, 0.3) is 0 Å². The molecule has 4 N–H and O–H groups in total. The summed E-state index contributed by atoms with van der Waals surface area (Å²) >= 11 is 0. The molecule has 0 radical (unpaired) electrons. The van der Waals surface area contributed by atoms with E-state index in [1.165, 1.54) is 21.9 Å². The topological polar surface area (TPSA) is 116 Å². The minimum absolute atomic E-state index is 0.128. The average molecular weight is 603 g/mol. The fraction of sp³-hybridized carbons (Fsp3) is 0.286. The van der Waals surface area contributed by atoms with Crippen molar-refractivity contribution in [2.24, 2.45) is 0 Å². The van der Waals surface area contributed by atoms with Crippen LogP contribution in [0.15, 0.2) is 85.2 Å². The first-order valence-electron chi connectivity index (χ1n) is 15.5. The van der Waals surface area contributed by atoms with E-state index in [9.17, 15) is 4.79 Å². The molecule has 6 aromatic rings. The second kappa shape index (κ2) is 13.0. The van der Waals surface area contributed by atoms with Gasteiger partial charge < -0.3 is 29.9 Å². The smallest absolute Gasteiger partial charge is 0.208 e.